The lowest BCUT2D eigenvalue weighted by atomic mass is 9.93. The summed E-state index contributed by atoms with van der Waals surface area (Å²) in [4.78, 5) is 4.83. The van der Waals surface area contributed by atoms with Gasteiger partial charge in [0.2, 0.25) is 5.95 Å². The number of anilines is 1. The molecule has 1 aliphatic heterocycles. The molecule has 5 rings (SSSR count). The second-order valence-electron chi connectivity index (χ2n) is 6.80. The number of nitrogens with zero attached hydrogens (tertiary/aromatic N) is 2. The van der Waals surface area contributed by atoms with Crippen molar-refractivity contribution in [2.45, 2.75) is 18.5 Å². The molecule has 0 aliphatic carbocycles. The number of imidazole rings is 1. The predicted octanol–water partition coefficient (Wildman–Crippen LogP) is 6.49. The number of aromatic nitrogens is 2. The van der Waals surface area contributed by atoms with E-state index in [9.17, 15) is 0 Å². The summed E-state index contributed by atoms with van der Waals surface area (Å²) in [5, 5.41) is 4.80. The topological polar surface area (TPSA) is 29.9 Å². The van der Waals surface area contributed by atoms with Crippen molar-refractivity contribution in [2.24, 2.45) is 0 Å². The molecule has 2 heterocycles. The van der Waals surface area contributed by atoms with Crippen molar-refractivity contribution in [3.63, 3.8) is 0 Å². The third-order valence-corrected chi connectivity index (χ3v) is 6.05. The Balaban J connectivity index is 1.72. The predicted molar refractivity (Wildman–Crippen MR) is 112 cm³/mol. The number of para-hydroxylation sites is 2. The fourth-order valence-electron chi connectivity index (χ4n) is 3.95. The number of benzene rings is 3. The van der Waals surface area contributed by atoms with Crippen LogP contribution in [0.25, 0.3) is 11.0 Å². The van der Waals surface area contributed by atoms with E-state index in [-0.39, 0.29) is 12.1 Å². The Morgan fingerprint density at radius 3 is 2.52 bits per heavy atom. The van der Waals surface area contributed by atoms with Crippen molar-refractivity contribution in [1.29, 1.82) is 0 Å². The fraction of sp³-hybridized carbons (Fsp3) is 0.136. The zero-order valence-corrected chi connectivity index (χ0v) is 16.0. The van der Waals surface area contributed by atoms with Crippen LogP contribution >= 0.6 is 23.2 Å². The van der Waals surface area contributed by atoms with E-state index < -0.39 is 0 Å². The molecule has 1 N–H and O–H groups in total. The van der Waals surface area contributed by atoms with Gasteiger partial charge in [0.05, 0.1) is 33.2 Å². The number of rotatable bonds is 2. The molecule has 27 heavy (non-hydrogen) atoms. The number of hydrogen-bond acceptors (Lipinski definition) is 2. The van der Waals surface area contributed by atoms with Gasteiger partial charge < -0.3 is 9.88 Å². The summed E-state index contributed by atoms with van der Waals surface area (Å²) in [5.41, 5.74) is 4.32. The van der Waals surface area contributed by atoms with Crippen molar-refractivity contribution in [2.75, 3.05) is 5.32 Å². The molecular weight excluding hydrogens is 377 g/mol. The van der Waals surface area contributed by atoms with E-state index in [1.807, 2.05) is 36.4 Å². The normalized spacial score (nSPS) is 18.9. The SMILES string of the molecule is Clc1cccc(C2CC(c3ccccc3)Nc3nc4ccccc4n32)c1Cl. The second-order valence-corrected chi connectivity index (χ2v) is 7.58. The van der Waals surface area contributed by atoms with E-state index in [0.717, 1.165) is 29.0 Å². The molecule has 0 fully saturated rings. The van der Waals surface area contributed by atoms with Crippen LogP contribution in [0.15, 0.2) is 72.8 Å². The molecule has 3 aromatic carbocycles. The Kier molecular flexibility index (Phi) is 4.07. The summed E-state index contributed by atoms with van der Waals surface area (Å²) in [5.74, 6) is 0.859. The average molecular weight is 394 g/mol. The van der Waals surface area contributed by atoms with Gasteiger partial charge in [0.15, 0.2) is 0 Å². The summed E-state index contributed by atoms with van der Waals surface area (Å²) in [6.45, 7) is 0. The number of nitrogens with one attached hydrogen (secondary N) is 1. The van der Waals surface area contributed by atoms with E-state index in [1.54, 1.807) is 0 Å². The van der Waals surface area contributed by atoms with Crippen LogP contribution in [0.5, 0.6) is 0 Å². The van der Waals surface area contributed by atoms with Crippen LogP contribution in [0.3, 0.4) is 0 Å². The molecule has 2 atom stereocenters. The Morgan fingerprint density at radius 2 is 1.67 bits per heavy atom. The summed E-state index contributed by atoms with van der Waals surface area (Å²) >= 11 is 13.0. The lowest BCUT2D eigenvalue weighted by Crippen LogP contribution is -2.27. The monoisotopic (exact) mass is 393 g/mol. The molecule has 5 heteroatoms. The number of halogens is 2. The van der Waals surface area contributed by atoms with Crippen LogP contribution in [-0.4, -0.2) is 9.55 Å². The molecule has 0 saturated carbocycles. The molecule has 0 amide bonds. The zero-order valence-electron chi connectivity index (χ0n) is 14.4. The molecule has 3 nitrogen and oxygen atoms in total. The summed E-state index contributed by atoms with van der Waals surface area (Å²) in [6, 6.07) is 24.7. The third-order valence-electron chi connectivity index (χ3n) is 5.21. The van der Waals surface area contributed by atoms with Gasteiger partial charge >= 0.3 is 0 Å². The first kappa shape index (κ1) is 16.7. The molecule has 0 bridgehead atoms. The van der Waals surface area contributed by atoms with Gasteiger partial charge in [-0.15, -0.1) is 0 Å². The van der Waals surface area contributed by atoms with E-state index in [2.05, 4.69) is 46.3 Å². The van der Waals surface area contributed by atoms with Gasteiger partial charge in [0.1, 0.15) is 0 Å². The Labute approximate surface area is 167 Å². The van der Waals surface area contributed by atoms with Crippen molar-refractivity contribution < 1.29 is 0 Å². The van der Waals surface area contributed by atoms with Gasteiger partial charge in [0.25, 0.3) is 0 Å². The van der Waals surface area contributed by atoms with Gasteiger partial charge in [-0.25, -0.2) is 4.98 Å². The van der Waals surface area contributed by atoms with Crippen LogP contribution in [0.2, 0.25) is 10.0 Å². The molecule has 1 aromatic heterocycles. The smallest absolute Gasteiger partial charge is 0.204 e. The van der Waals surface area contributed by atoms with Crippen molar-refractivity contribution in [3.05, 3.63) is 94.0 Å². The molecular formula is C22H17Cl2N3. The summed E-state index contributed by atoms with van der Waals surface area (Å²) < 4.78 is 2.24. The molecule has 1 aliphatic rings. The third kappa shape index (κ3) is 2.78. The average Bonchev–Trinajstić information content (AvgIpc) is 3.09. The maximum atomic E-state index is 6.62. The minimum absolute atomic E-state index is 0.0463. The Hall–Kier alpha value is -2.49. The maximum Gasteiger partial charge on any atom is 0.204 e. The lowest BCUT2D eigenvalue weighted by Gasteiger charge is -2.34. The van der Waals surface area contributed by atoms with Gasteiger partial charge in [-0.2, -0.15) is 0 Å². The van der Waals surface area contributed by atoms with Gasteiger partial charge in [-0.1, -0.05) is 77.8 Å². The second kappa shape index (κ2) is 6.59. The summed E-state index contributed by atoms with van der Waals surface area (Å²) in [6.07, 6.45) is 0.859. The van der Waals surface area contributed by atoms with Gasteiger partial charge in [-0.3, -0.25) is 0 Å². The minimum atomic E-state index is 0.0463. The Morgan fingerprint density at radius 1 is 0.889 bits per heavy atom. The molecule has 134 valence electrons. The molecule has 0 saturated heterocycles. The molecule has 4 aromatic rings. The van der Waals surface area contributed by atoms with Crippen LogP contribution in [0.1, 0.15) is 29.6 Å². The fourth-order valence-corrected chi connectivity index (χ4v) is 4.39. The van der Waals surface area contributed by atoms with Crippen LogP contribution in [-0.2, 0) is 0 Å². The highest BCUT2D eigenvalue weighted by molar-refractivity contribution is 6.42. The van der Waals surface area contributed by atoms with E-state index in [4.69, 9.17) is 28.2 Å². The van der Waals surface area contributed by atoms with Crippen LogP contribution < -0.4 is 5.32 Å². The van der Waals surface area contributed by atoms with Gasteiger partial charge in [-0.05, 0) is 35.7 Å². The van der Waals surface area contributed by atoms with Crippen LogP contribution in [0, 0.1) is 0 Å². The first-order chi connectivity index (χ1) is 13.2. The van der Waals surface area contributed by atoms with Crippen molar-refractivity contribution in [3.8, 4) is 0 Å². The first-order valence-electron chi connectivity index (χ1n) is 8.95. The quantitative estimate of drug-likeness (QED) is 0.421. The summed E-state index contributed by atoms with van der Waals surface area (Å²) in [7, 11) is 0. The van der Waals surface area contributed by atoms with Gasteiger partial charge in [0, 0.05) is 0 Å². The lowest BCUT2D eigenvalue weighted by molar-refractivity contribution is 0.477. The highest BCUT2D eigenvalue weighted by Crippen LogP contribution is 2.43. The maximum absolute atomic E-state index is 6.62. The first-order valence-corrected chi connectivity index (χ1v) is 9.70. The molecule has 2 unspecified atom stereocenters. The minimum Gasteiger partial charge on any atom is -0.349 e. The highest BCUT2D eigenvalue weighted by atomic mass is 35.5. The number of hydrogen-bond donors (Lipinski definition) is 1. The van der Waals surface area contributed by atoms with Crippen molar-refractivity contribution in [1.82, 2.24) is 9.55 Å². The van der Waals surface area contributed by atoms with E-state index >= 15 is 0 Å². The largest absolute Gasteiger partial charge is 0.349 e. The van der Waals surface area contributed by atoms with E-state index in [0.29, 0.717) is 10.0 Å². The standard InChI is InChI=1S/C22H17Cl2N3/c23-16-10-6-9-15(21(16)24)20-13-18(14-7-2-1-3-8-14)26-22-25-17-11-4-5-12-19(17)27(20)22/h1-12,18,20H,13H2,(H,25,26). The Bertz CT molecular complexity index is 1120. The van der Waals surface area contributed by atoms with Crippen LogP contribution in [0.4, 0.5) is 5.95 Å². The zero-order chi connectivity index (χ0) is 18.4. The highest BCUT2D eigenvalue weighted by Gasteiger charge is 2.32. The van der Waals surface area contributed by atoms with Crippen molar-refractivity contribution >= 4 is 40.2 Å². The van der Waals surface area contributed by atoms with E-state index in [1.165, 1.54) is 5.56 Å². The molecule has 0 spiro atoms. The molecule has 0 radical (unpaired) electrons. The number of fused-ring (bicyclic) bond motifs is 3.